The molecule has 2 aromatic rings. The highest BCUT2D eigenvalue weighted by Crippen LogP contribution is 2.32. The van der Waals surface area contributed by atoms with E-state index >= 15 is 0 Å². The van der Waals surface area contributed by atoms with Gasteiger partial charge in [-0.2, -0.15) is 0 Å². The van der Waals surface area contributed by atoms with Gasteiger partial charge in [-0.1, -0.05) is 6.07 Å². The number of amides is 1. The molecule has 0 saturated heterocycles. The first-order valence-electron chi connectivity index (χ1n) is 8.53. The number of hydrogen-bond donors (Lipinski definition) is 1. The minimum Gasteiger partial charge on any atom is -0.465 e. The molecule has 3 rings (SSSR count). The van der Waals surface area contributed by atoms with Crippen molar-refractivity contribution in [1.29, 1.82) is 0 Å². The standard InChI is InChI=1S/C20H19NO7/c1-12(28-20(24)15-6-4-14(5-7-15)19(23)25-2)18(22)21-10-13-3-8-16-17(9-13)27-11-26-16/h3-9,12H,10-11H2,1-2H3,(H,21,22)/t12-/m1/s1. The summed E-state index contributed by atoms with van der Waals surface area (Å²) < 4.78 is 20.3. The van der Waals surface area contributed by atoms with Crippen molar-refractivity contribution in [2.75, 3.05) is 13.9 Å². The molecule has 0 aromatic heterocycles. The van der Waals surface area contributed by atoms with Crippen molar-refractivity contribution in [3.05, 3.63) is 59.2 Å². The lowest BCUT2D eigenvalue weighted by Crippen LogP contribution is -2.35. The van der Waals surface area contributed by atoms with E-state index in [1.165, 1.54) is 38.3 Å². The van der Waals surface area contributed by atoms with E-state index in [9.17, 15) is 14.4 Å². The molecule has 0 spiro atoms. The average molecular weight is 385 g/mol. The van der Waals surface area contributed by atoms with Crippen molar-refractivity contribution in [2.24, 2.45) is 0 Å². The van der Waals surface area contributed by atoms with Crippen LogP contribution < -0.4 is 14.8 Å². The third-order valence-electron chi connectivity index (χ3n) is 4.10. The van der Waals surface area contributed by atoms with Gasteiger partial charge in [0.25, 0.3) is 5.91 Å². The molecule has 8 heteroatoms. The fraction of sp³-hybridized carbons (Fsp3) is 0.250. The topological polar surface area (TPSA) is 100 Å². The molecule has 0 radical (unpaired) electrons. The van der Waals surface area contributed by atoms with Crippen LogP contribution in [0.2, 0.25) is 0 Å². The lowest BCUT2D eigenvalue weighted by Gasteiger charge is -2.14. The Hall–Kier alpha value is -3.55. The van der Waals surface area contributed by atoms with E-state index in [4.69, 9.17) is 14.2 Å². The maximum absolute atomic E-state index is 12.2. The number of hydrogen-bond acceptors (Lipinski definition) is 7. The van der Waals surface area contributed by atoms with Gasteiger partial charge in [-0.05, 0) is 48.9 Å². The Bertz CT molecular complexity index is 892. The van der Waals surface area contributed by atoms with Crippen LogP contribution in [0.3, 0.4) is 0 Å². The maximum atomic E-state index is 12.2. The van der Waals surface area contributed by atoms with Crippen LogP contribution >= 0.6 is 0 Å². The Balaban J connectivity index is 1.52. The molecule has 28 heavy (non-hydrogen) atoms. The number of rotatable bonds is 6. The number of esters is 2. The van der Waals surface area contributed by atoms with Crippen LogP contribution in [0.15, 0.2) is 42.5 Å². The zero-order valence-electron chi connectivity index (χ0n) is 15.4. The van der Waals surface area contributed by atoms with E-state index in [1.54, 1.807) is 12.1 Å². The van der Waals surface area contributed by atoms with Gasteiger partial charge in [-0.3, -0.25) is 4.79 Å². The first-order chi connectivity index (χ1) is 13.5. The van der Waals surface area contributed by atoms with Crippen molar-refractivity contribution in [3.63, 3.8) is 0 Å². The summed E-state index contributed by atoms with van der Waals surface area (Å²) in [5.74, 6) is -0.312. The fourth-order valence-electron chi connectivity index (χ4n) is 2.53. The zero-order valence-corrected chi connectivity index (χ0v) is 15.4. The molecule has 2 aromatic carbocycles. The minimum absolute atomic E-state index is 0.179. The van der Waals surface area contributed by atoms with Crippen LogP contribution in [0, 0.1) is 0 Å². The summed E-state index contributed by atoms with van der Waals surface area (Å²) >= 11 is 0. The number of carbonyl (C=O) groups is 3. The number of methoxy groups -OCH3 is 1. The summed E-state index contributed by atoms with van der Waals surface area (Å²) in [6.45, 7) is 1.92. The van der Waals surface area contributed by atoms with Crippen molar-refractivity contribution >= 4 is 17.8 Å². The second kappa shape index (κ2) is 8.43. The number of nitrogens with one attached hydrogen (secondary N) is 1. The second-order valence-electron chi connectivity index (χ2n) is 6.02. The van der Waals surface area contributed by atoms with Crippen molar-refractivity contribution in [1.82, 2.24) is 5.32 Å². The first-order valence-corrected chi connectivity index (χ1v) is 8.53. The molecule has 1 atom stereocenters. The van der Waals surface area contributed by atoms with Crippen LogP contribution in [0.25, 0.3) is 0 Å². The van der Waals surface area contributed by atoms with Gasteiger partial charge in [0, 0.05) is 6.54 Å². The number of ether oxygens (including phenoxy) is 4. The molecular weight excluding hydrogens is 366 g/mol. The van der Waals surface area contributed by atoms with Crippen LogP contribution in [-0.2, 0) is 20.8 Å². The van der Waals surface area contributed by atoms with E-state index in [1.807, 2.05) is 6.07 Å². The number of benzene rings is 2. The predicted octanol–water partition coefficient (Wildman–Crippen LogP) is 2.06. The third-order valence-corrected chi connectivity index (χ3v) is 4.10. The predicted molar refractivity (Wildman–Crippen MR) is 97.1 cm³/mol. The van der Waals surface area contributed by atoms with Gasteiger partial charge in [-0.25, -0.2) is 9.59 Å². The second-order valence-corrected chi connectivity index (χ2v) is 6.02. The molecule has 1 aliphatic rings. The highest BCUT2D eigenvalue weighted by Gasteiger charge is 2.20. The quantitative estimate of drug-likeness (QED) is 0.760. The number of carbonyl (C=O) groups excluding carboxylic acids is 3. The van der Waals surface area contributed by atoms with E-state index in [0.717, 1.165) is 5.56 Å². The molecule has 1 amide bonds. The van der Waals surface area contributed by atoms with E-state index < -0.39 is 23.9 Å². The molecule has 146 valence electrons. The molecule has 0 saturated carbocycles. The molecule has 0 bridgehead atoms. The zero-order chi connectivity index (χ0) is 20.1. The number of fused-ring (bicyclic) bond motifs is 1. The maximum Gasteiger partial charge on any atom is 0.338 e. The fourth-order valence-corrected chi connectivity index (χ4v) is 2.53. The molecule has 0 aliphatic carbocycles. The monoisotopic (exact) mass is 385 g/mol. The Morgan fingerprint density at radius 1 is 1.00 bits per heavy atom. The molecular formula is C20H19NO7. The van der Waals surface area contributed by atoms with E-state index in [2.05, 4.69) is 10.1 Å². The highest BCUT2D eigenvalue weighted by atomic mass is 16.7. The molecule has 0 unspecified atom stereocenters. The summed E-state index contributed by atoms with van der Waals surface area (Å²) in [5, 5.41) is 2.70. The van der Waals surface area contributed by atoms with E-state index in [0.29, 0.717) is 17.1 Å². The van der Waals surface area contributed by atoms with Gasteiger partial charge in [0.05, 0.1) is 18.2 Å². The first kappa shape index (κ1) is 19.2. The van der Waals surface area contributed by atoms with Crippen LogP contribution in [0.1, 0.15) is 33.2 Å². The molecule has 1 heterocycles. The minimum atomic E-state index is -0.984. The lowest BCUT2D eigenvalue weighted by atomic mass is 10.1. The highest BCUT2D eigenvalue weighted by molar-refractivity contribution is 5.94. The Morgan fingerprint density at radius 2 is 1.64 bits per heavy atom. The average Bonchev–Trinajstić information content (AvgIpc) is 3.19. The van der Waals surface area contributed by atoms with Crippen LogP contribution in [0.4, 0.5) is 0 Å². The van der Waals surface area contributed by atoms with Gasteiger partial charge in [0.2, 0.25) is 6.79 Å². The Kier molecular flexibility index (Phi) is 5.78. The van der Waals surface area contributed by atoms with Crippen LogP contribution in [0.5, 0.6) is 11.5 Å². The van der Waals surface area contributed by atoms with Crippen LogP contribution in [-0.4, -0.2) is 37.9 Å². The molecule has 1 aliphatic heterocycles. The van der Waals surface area contributed by atoms with Gasteiger partial charge >= 0.3 is 11.9 Å². The van der Waals surface area contributed by atoms with Crippen molar-refractivity contribution < 1.29 is 33.3 Å². The summed E-state index contributed by atoms with van der Waals surface area (Å²) in [6, 6.07) is 11.1. The summed E-state index contributed by atoms with van der Waals surface area (Å²) in [6.07, 6.45) is -0.984. The molecule has 8 nitrogen and oxygen atoms in total. The summed E-state index contributed by atoms with van der Waals surface area (Å²) in [5.41, 5.74) is 1.37. The summed E-state index contributed by atoms with van der Waals surface area (Å²) in [4.78, 5) is 35.8. The van der Waals surface area contributed by atoms with Gasteiger partial charge in [0.1, 0.15) is 0 Å². The van der Waals surface area contributed by atoms with E-state index in [-0.39, 0.29) is 18.9 Å². The van der Waals surface area contributed by atoms with Gasteiger partial charge < -0.3 is 24.3 Å². The SMILES string of the molecule is COC(=O)c1ccc(C(=O)O[C@H](C)C(=O)NCc2ccc3c(c2)OCO3)cc1. The normalized spacial score (nSPS) is 12.8. The summed E-state index contributed by atoms with van der Waals surface area (Å²) in [7, 11) is 1.27. The molecule has 0 fully saturated rings. The Labute approximate surface area is 161 Å². The lowest BCUT2D eigenvalue weighted by molar-refractivity contribution is -0.129. The Morgan fingerprint density at radius 3 is 2.32 bits per heavy atom. The smallest absolute Gasteiger partial charge is 0.338 e. The molecule has 1 N–H and O–H groups in total. The third kappa shape index (κ3) is 4.40. The van der Waals surface area contributed by atoms with Crippen molar-refractivity contribution in [3.8, 4) is 11.5 Å². The largest absolute Gasteiger partial charge is 0.465 e. The van der Waals surface area contributed by atoms with Gasteiger partial charge in [-0.15, -0.1) is 0 Å². The van der Waals surface area contributed by atoms with Gasteiger partial charge in [0.15, 0.2) is 17.6 Å². The van der Waals surface area contributed by atoms with Crippen molar-refractivity contribution in [2.45, 2.75) is 19.6 Å².